The molecule has 10 nitrogen and oxygen atoms in total. The zero-order valence-electron chi connectivity index (χ0n) is 15.8. The minimum Gasteiger partial charge on any atom is -0.354 e. The molecule has 1 unspecified atom stereocenters. The zero-order chi connectivity index (χ0) is 21.7. The number of piperazine rings is 1. The largest absolute Gasteiger partial charge is 0.354 e. The van der Waals surface area contributed by atoms with Gasteiger partial charge in [0.2, 0.25) is 21.8 Å². The van der Waals surface area contributed by atoms with Crippen molar-refractivity contribution in [2.45, 2.75) is 17.4 Å². The van der Waals surface area contributed by atoms with Crippen LogP contribution in [0.15, 0.2) is 46.7 Å². The lowest BCUT2D eigenvalue weighted by Gasteiger charge is -2.26. The molecule has 30 heavy (non-hydrogen) atoms. The molecule has 4 amide bonds. The molecule has 2 heterocycles. The Kier molecular flexibility index (Phi) is 6.70. The number of carbonyl (C=O) groups excluding carboxylic acids is 3. The molecule has 1 aromatic carbocycles. The van der Waals surface area contributed by atoms with Gasteiger partial charge in [0.1, 0.15) is 0 Å². The molecule has 2 aromatic rings. The minimum absolute atomic E-state index is 0.0277. The fourth-order valence-electron chi connectivity index (χ4n) is 2.99. The lowest BCUT2D eigenvalue weighted by atomic mass is 10.1. The number of nitrogens with one attached hydrogen (secondary N) is 3. The number of rotatable bonds is 7. The molecule has 1 fully saturated rings. The molecule has 0 radical (unpaired) electrons. The van der Waals surface area contributed by atoms with Crippen LogP contribution in [0, 0.1) is 0 Å². The van der Waals surface area contributed by atoms with Crippen LogP contribution in [-0.2, 0) is 19.6 Å². The van der Waals surface area contributed by atoms with Crippen molar-refractivity contribution in [3.63, 3.8) is 0 Å². The first-order valence-electron chi connectivity index (χ1n) is 9.02. The van der Waals surface area contributed by atoms with E-state index < -0.39 is 28.0 Å². The van der Waals surface area contributed by atoms with Crippen molar-refractivity contribution in [3.05, 3.63) is 46.7 Å². The summed E-state index contributed by atoms with van der Waals surface area (Å²) < 4.78 is 26.7. The summed E-state index contributed by atoms with van der Waals surface area (Å²) in [5.41, 5.74) is 5.48. The third-order valence-corrected chi connectivity index (χ3v) is 7.18. The smallest absolute Gasteiger partial charge is 0.312 e. The lowest BCUT2D eigenvalue weighted by molar-refractivity contribution is -0.122. The first kappa shape index (κ1) is 21.7. The quantitative estimate of drug-likeness (QED) is 0.486. The second-order valence-corrected chi connectivity index (χ2v) is 9.46. The van der Waals surface area contributed by atoms with Gasteiger partial charge in [-0.05, 0) is 29.6 Å². The van der Waals surface area contributed by atoms with E-state index in [9.17, 15) is 22.8 Å². The SMILES string of the molecule is NC(=O)NC(CC(=O)Nc1cccc(S(=O)(=O)N2CCNC(=O)C2)c1)c1cccs1. The second-order valence-electron chi connectivity index (χ2n) is 6.55. The monoisotopic (exact) mass is 451 g/mol. The highest BCUT2D eigenvalue weighted by molar-refractivity contribution is 7.89. The first-order chi connectivity index (χ1) is 14.3. The molecule has 1 saturated heterocycles. The maximum atomic E-state index is 12.8. The summed E-state index contributed by atoms with van der Waals surface area (Å²) in [7, 11) is -3.88. The number of primary amides is 1. The third-order valence-electron chi connectivity index (χ3n) is 4.35. The maximum Gasteiger partial charge on any atom is 0.312 e. The van der Waals surface area contributed by atoms with Gasteiger partial charge in [-0.15, -0.1) is 11.3 Å². The summed E-state index contributed by atoms with van der Waals surface area (Å²) in [6.45, 7) is 0.164. The van der Waals surface area contributed by atoms with Crippen LogP contribution in [0.5, 0.6) is 0 Å². The molecule has 1 atom stereocenters. The van der Waals surface area contributed by atoms with Crippen molar-refractivity contribution >= 4 is 44.9 Å². The molecule has 160 valence electrons. The van der Waals surface area contributed by atoms with E-state index in [0.717, 1.165) is 9.18 Å². The Bertz CT molecular complexity index is 1040. The number of nitrogens with zero attached hydrogens (tertiary/aromatic N) is 1. The second kappa shape index (κ2) is 9.24. The minimum atomic E-state index is -3.88. The van der Waals surface area contributed by atoms with Gasteiger partial charge in [0, 0.05) is 23.7 Å². The Morgan fingerprint density at radius 1 is 1.27 bits per heavy atom. The van der Waals surface area contributed by atoms with Crippen LogP contribution < -0.4 is 21.7 Å². The summed E-state index contributed by atoms with van der Waals surface area (Å²) in [6, 6.07) is 8.03. The van der Waals surface area contributed by atoms with Crippen molar-refractivity contribution in [1.82, 2.24) is 14.9 Å². The molecule has 3 rings (SSSR count). The van der Waals surface area contributed by atoms with Crippen molar-refractivity contribution < 1.29 is 22.8 Å². The van der Waals surface area contributed by atoms with E-state index in [1.165, 1.54) is 29.5 Å². The van der Waals surface area contributed by atoms with Gasteiger partial charge in [-0.3, -0.25) is 9.59 Å². The van der Waals surface area contributed by atoms with Crippen molar-refractivity contribution in [3.8, 4) is 0 Å². The van der Waals surface area contributed by atoms with Gasteiger partial charge in [-0.1, -0.05) is 12.1 Å². The molecule has 5 N–H and O–H groups in total. The number of urea groups is 1. The predicted octanol–water partition coefficient (Wildman–Crippen LogP) is 0.607. The Hall–Kier alpha value is -2.96. The molecular formula is C18H21N5O5S2. The number of sulfonamides is 1. The zero-order valence-corrected chi connectivity index (χ0v) is 17.5. The Balaban J connectivity index is 1.72. The Morgan fingerprint density at radius 2 is 2.07 bits per heavy atom. The van der Waals surface area contributed by atoms with Gasteiger partial charge in [-0.25, -0.2) is 13.2 Å². The highest BCUT2D eigenvalue weighted by Gasteiger charge is 2.29. The summed E-state index contributed by atoms with van der Waals surface area (Å²) in [4.78, 5) is 36.0. The molecular weight excluding hydrogens is 430 g/mol. The van der Waals surface area contributed by atoms with Gasteiger partial charge < -0.3 is 21.7 Å². The molecule has 12 heteroatoms. The summed E-state index contributed by atoms with van der Waals surface area (Å²) >= 11 is 1.38. The van der Waals surface area contributed by atoms with Crippen LogP contribution in [0.2, 0.25) is 0 Å². The number of hydrogen-bond donors (Lipinski definition) is 4. The van der Waals surface area contributed by atoms with E-state index in [2.05, 4.69) is 16.0 Å². The molecule has 1 aliphatic heterocycles. The van der Waals surface area contributed by atoms with E-state index in [4.69, 9.17) is 5.73 Å². The molecule has 1 aromatic heterocycles. The summed E-state index contributed by atoms with van der Waals surface area (Å²) in [5, 5.41) is 9.57. The van der Waals surface area contributed by atoms with E-state index in [1.807, 2.05) is 5.38 Å². The average Bonchev–Trinajstić information content (AvgIpc) is 3.22. The van der Waals surface area contributed by atoms with Crippen molar-refractivity contribution in [1.29, 1.82) is 0 Å². The first-order valence-corrected chi connectivity index (χ1v) is 11.3. The lowest BCUT2D eigenvalue weighted by Crippen LogP contribution is -2.49. The number of amides is 4. The van der Waals surface area contributed by atoms with Gasteiger partial charge in [0.05, 0.1) is 23.9 Å². The Morgan fingerprint density at radius 3 is 2.73 bits per heavy atom. The summed E-state index contributed by atoms with van der Waals surface area (Å²) in [6.07, 6.45) is -0.0767. The van der Waals surface area contributed by atoms with E-state index >= 15 is 0 Å². The number of nitrogens with two attached hydrogens (primary N) is 1. The highest BCUT2D eigenvalue weighted by atomic mass is 32.2. The molecule has 0 spiro atoms. The molecule has 0 bridgehead atoms. The topological polar surface area (TPSA) is 151 Å². The highest BCUT2D eigenvalue weighted by Crippen LogP contribution is 2.24. The van der Waals surface area contributed by atoms with Crippen LogP contribution >= 0.6 is 11.3 Å². The van der Waals surface area contributed by atoms with Crippen molar-refractivity contribution in [2.24, 2.45) is 5.73 Å². The summed E-state index contributed by atoms with van der Waals surface area (Å²) in [5.74, 6) is -0.787. The fraction of sp³-hybridized carbons (Fsp3) is 0.278. The van der Waals surface area contributed by atoms with Gasteiger partial charge in [0.25, 0.3) is 0 Å². The van der Waals surface area contributed by atoms with Crippen molar-refractivity contribution in [2.75, 3.05) is 25.0 Å². The predicted molar refractivity (Wildman–Crippen MR) is 111 cm³/mol. The van der Waals surface area contributed by atoms with Crippen LogP contribution in [0.25, 0.3) is 0 Å². The van der Waals surface area contributed by atoms with Gasteiger partial charge in [-0.2, -0.15) is 4.31 Å². The standard InChI is InChI=1S/C18H21N5O5S2/c19-18(26)22-14(15-5-2-8-29-15)10-16(24)21-12-3-1-4-13(9-12)30(27,28)23-7-6-20-17(25)11-23/h1-5,8-9,14H,6-7,10-11H2,(H,20,25)(H,21,24)(H3,19,22,26). The molecule has 1 aliphatic rings. The van der Waals surface area contributed by atoms with Crippen LogP contribution in [-0.4, -0.2) is 50.2 Å². The van der Waals surface area contributed by atoms with Gasteiger partial charge >= 0.3 is 6.03 Å². The Labute approximate surface area is 177 Å². The fourth-order valence-corrected chi connectivity index (χ4v) is 5.21. The number of carbonyl (C=O) groups is 3. The number of anilines is 1. The number of benzene rings is 1. The normalized spacial score (nSPS) is 15.8. The van der Waals surface area contributed by atoms with E-state index in [0.29, 0.717) is 0 Å². The van der Waals surface area contributed by atoms with Crippen LogP contribution in [0.4, 0.5) is 10.5 Å². The van der Waals surface area contributed by atoms with E-state index in [1.54, 1.807) is 18.2 Å². The number of thiophene rings is 1. The maximum absolute atomic E-state index is 12.8. The van der Waals surface area contributed by atoms with Gasteiger partial charge in [0.15, 0.2) is 0 Å². The van der Waals surface area contributed by atoms with E-state index in [-0.39, 0.29) is 42.5 Å². The third kappa shape index (κ3) is 5.34. The number of hydrogen-bond acceptors (Lipinski definition) is 6. The average molecular weight is 452 g/mol. The molecule has 0 saturated carbocycles. The van der Waals surface area contributed by atoms with Crippen LogP contribution in [0.1, 0.15) is 17.3 Å². The molecule has 0 aliphatic carbocycles. The van der Waals surface area contributed by atoms with Crippen LogP contribution in [0.3, 0.4) is 0 Å².